The first-order chi connectivity index (χ1) is 10.3. The topological polar surface area (TPSA) is 53.5 Å². The van der Waals surface area contributed by atoms with Gasteiger partial charge in [0.2, 0.25) is 5.91 Å². The summed E-state index contributed by atoms with van der Waals surface area (Å²) in [4.78, 5) is 31.8. The number of pyridine rings is 1. The molecule has 5 heteroatoms. The van der Waals surface area contributed by atoms with Gasteiger partial charge in [0.1, 0.15) is 6.54 Å². The van der Waals surface area contributed by atoms with Crippen LogP contribution in [0.3, 0.4) is 0 Å². The second-order valence-electron chi connectivity index (χ2n) is 4.85. The molecule has 3 rings (SSSR count). The van der Waals surface area contributed by atoms with Gasteiger partial charge in [0.25, 0.3) is 5.91 Å². The summed E-state index contributed by atoms with van der Waals surface area (Å²) in [5, 5.41) is 0. The first-order valence-corrected chi connectivity index (χ1v) is 6.80. The van der Waals surface area contributed by atoms with Gasteiger partial charge in [0.15, 0.2) is 0 Å². The van der Waals surface area contributed by atoms with Crippen LogP contribution in [0, 0.1) is 0 Å². The van der Waals surface area contributed by atoms with Crippen LogP contribution in [0.4, 0.5) is 5.69 Å². The summed E-state index contributed by atoms with van der Waals surface area (Å²) in [7, 11) is 0. The first-order valence-electron chi connectivity index (χ1n) is 6.80. The Labute approximate surface area is 122 Å². The van der Waals surface area contributed by atoms with E-state index in [9.17, 15) is 9.59 Å². The van der Waals surface area contributed by atoms with Crippen molar-refractivity contribution in [1.82, 2.24) is 9.88 Å². The van der Waals surface area contributed by atoms with Crippen LogP contribution in [0.5, 0.6) is 0 Å². The normalized spacial score (nSPS) is 15.1. The Bertz CT molecular complexity index is 643. The number of nitrogens with zero attached hydrogens (tertiary/aromatic N) is 3. The van der Waals surface area contributed by atoms with E-state index in [2.05, 4.69) is 4.98 Å². The molecule has 0 saturated carbocycles. The Morgan fingerprint density at radius 2 is 1.86 bits per heavy atom. The third-order valence-corrected chi connectivity index (χ3v) is 3.48. The van der Waals surface area contributed by atoms with Gasteiger partial charge in [0.05, 0.1) is 5.56 Å². The summed E-state index contributed by atoms with van der Waals surface area (Å²) >= 11 is 0. The molecule has 2 heterocycles. The number of para-hydroxylation sites is 1. The van der Waals surface area contributed by atoms with Gasteiger partial charge in [-0.05, 0) is 24.3 Å². The van der Waals surface area contributed by atoms with Crippen molar-refractivity contribution in [2.45, 2.75) is 0 Å². The molecule has 1 saturated heterocycles. The van der Waals surface area contributed by atoms with Crippen molar-refractivity contribution < 1.29 is 9.59 Å². The number of piperazine rings is 1. The van der Waals surface area contributed by atoms with Gasteiger partial charge in [-0.2, -0.15) is 0 Å². The molecule has 0 atom stereocenters. The highest BCUT2D eigenvalue weighted by Gasteiger charge is 2.28. The molecule has 2 amide bonds. The van der Waals surface area contributed by atoms with Gasteiger partial charge >= 0.3 is 0 Å². The molecule has 1 aromatic carbocycles. The first kappa shape index (κ1) is 13.3. The lowest BCUT2D eigenvalue weighted by atomic mass is 10.2. The van der Waals surface area contributed by atoms with Crippen molar-refractivity contribution >= 4 is 17.5 Å². The monoisotopic (exact) mass is 281 g/mol. The molecule has 0 radical (unpaired) electrons. The molecule has 1 aromatic heterocycles. The summed E-state index contributed by atoms with van der Waals surface area (Å²) in [6, 6.07) is 12.9. The zero-order chi connectivity index (χ0) is 14.7. The van der Waals surface area contributed by atoms with Crippen LogP contribution in [0.1, 0.15) is 10.4 Å². The number of aromatic nitrogens is 1. The van der Waals surface area contributed by atoms with Crippen molar-refractivity contribution in [1.29, 1.82) is 0 Å². The Kier molecular flexibility index (Phi) is 3.64. The van der Waals surface area contributed by atoms with Crippen LogP contribution in [0.25, 0.3) is 0 Å². The third-order valence-electron chi connectivity index (χ3n) is 3.48. The smallest absolute Gasteiger partial charge is 0.255 e. The van der Waals surface area contributed by atoms with E-state index >= 15 is 0 Å². The van der Waals surface area contributed by atoms with E-state index in [-0.39, 0.29) is 18.4 Å². The fraction of sp³-hybridized carbons (Fsp3) is 0.188. The number of carbonyl (C=O) groups excluding carboxylic acids is 2. The van der Waals surface area contributed by atoms with Crippen LogP contribution in [0.2, 0.25) is 0 Å². The molecule has 0 aliphatic carbocycles. The second-order valence-corrected chi connectivity index (χ2v) is 4.85. The maximum absolute atomic E-state index is 12.3. The molecule has 0 bridgehead atoms. The van der Waals surface area contributed by atoms with E-state index in [1.54, 1.807) is 28.1 Å². The van der Waals surface area contributed by atoms with Crippen molar-refractivity contribution in [3.05, 3.63) is 60.4 Å². The van der Waals surface area contributed by atoms with Gasteiger partial charge in [-0.25, -0.2) is 0 Å². The summed E-state index contributed by atoms with van der Waals surface area (Å²) in [6.07, 6.45) is 3.14. The second kappa shape index (κ2) is 5.75. The van der Waals surface area contributed by atoms with Gasteiger partial charge in [0, 0.05) is 31.2 Å². The van der Waals surface area contributed by atoms with Gasteiger partial charge < -0.3 is 9.80 Å². The number of hydrogen-bond donors (Lipinski definition) is 0. The maximum atomic E-state index is 12.3. The predicted molar refractivity (Wildman–Crippen MR) is 78.9 cm³/mol. The summed E-state index contributed by atoms with van der Waals surface area (Å²) in [5.41, 5.74) is 1.38. The Balaban J connectivity index is 1.72. The Morgan fingerprint density at radius 3 is 2.52 bits per heavy atom. The van der Waals surface area contributed by atoms with Crippen molar-refractivity contribution in [3.8, 4) is 0 Å². The SMILES string of the molecule is O=C(c1cccnc1)N1CCN(c2ccccc2)C(=O)C1. The summed E-state index contributed by atoms with van der Waals surface area (Å²) in [5.74, 6) is -0.214. The van der Waals surface area contributed by atoms with Crippen LogP contribution < -0.4 is 4.90 Å². The van der Waals surface area contributed by atoms with Crippen molar-refractivity contribution in [3.63, 3.8) is 0 Å². The highest BCUT2D eigenvalue weighted by Crippen LogP contribution is 2.17. The molecule has 0 N–H and O–H groups in total. The molecule has 1 fully saturated rings. The lowest BCUT2D eigenvalue weighted by Gasteiger charge is -2.34. The van der Waals surface area contributed by atoms with Crippen LogP contribution in [-0.4, -0.2) is 41.3 Å². The Hall–Kier alpha value is -2.69. The molecule has 21 heavy (non-hydrogen) atoms. The van der Waals surface area contributed by atoms with Crippen molar-refractivity contribution in [2.24, 2.45) is 0 Å². The number of rotatable bonds is 2. The van der Waals surface area contributed by atoms with Crippen LogP contribution >= 0.6 is 0 Å². The molecule has 0 spiro atoms. The highest BCUT2D eigenvalue weighted by molar-refractivity contribution is 6.01. The number of hydrogen-bond acceptors (Lipinski definition) is 3. The molecule has 2 aromatic rings. The lowest BCUT2D eigenvalue weighted by molar-refractivity contribution is -0.120. The standard InChI is InChI=1S/C16H15N3O2/c20-15-12-18(16(21)13-5-4-8-17-11-13)9-10-19(15)14-6-2-1-3-7-14/h1-8,11H,9-10,12H2. The van der Waals surface area contributed by atoms with Crippen LogP contribution in [0.15, 0.2) is 54.9 Å². The van der Waals surface area contributed by atoms with Crippen molar-refractivity contribution in [2.75, 3.05) is 24.5 Å². The van der Waals surface area contributed by atoms with Gasteiger partial charge in [-0.3, -0.25) is 14.6 Å². The Morgan fingerprint density at radius 1 is 1.05 bits per heavy atom. The quantitative estimate of drug-likeness (QED) is 0.839. The number of amides is 2. The van der Waals surface area contributed by atoms with E-state index in [4.69, 9.17) is 0 Å². The van der Waals surface area contributed by atoms with Crippen LogP contribution in [-0.2, 0) is 4.79 Å². The molecule has 0 unspecified atom stereocenters. The molecule has 1 aliphatic rings. The fourth-order valence-corrected chi connectivity index (χ4v) is 2.40. The minimum Gasteiger partial charge on any atom is -0.327 e. The maximum Gasteiger partial charge on any atom is 0.255 e. The highest BCUT2D eigenvalue weighted by atomic mass is 16.2. The number of anilines is 1. The average Bonchev–Trinajstić information content (AvgIpc) is 2.55. The largest absolute Gasteiger partial charge is 0.327 e. The minimum atomic E-state index is -0.149. The van der Waals surface area contributed by atoms with Gasteiger partial charge in [-0.1, -0.05) is 18.2 Å². The summed E-state index contributed by atoms with van der Waals surface area (Å²) in [6.45, 7) is 1.13. The van der Waals surface area contributed by atoms with E-state index in [0.717, 1.165) is 5.69 Å². The van der Waals surface area contributed by atoms with E-state index in [1.807, 2.05) is 30.3 Å². The fourth-order valence-electron chi connectivity index (χ4n) is 2.40. The summed E-state index contributed by atoms with van der Waals surface area (Å²) < 4.78 is 0. The third kappa shape index (κ3) is 2.76. The lowest BCUT2D eigenvalue weighted by Crippen LogP contribution is -2.52. The number of benzene rings is 1. The number of carbonyl (C=O) groups is 2. The molecular formula is C16H15N3O2. The average molecular weight is 281 g/mol. The predicted octanol–water partition coefficient (Wildman–Crippen LogP) is 1.57. The molecule has 106 valence electrons. The van der Waals surface area contributed by atoms with E-state index < -0.39 is 0 Å². The zero-order valence-electron chi connectivity index (χ0n) is 11.5. The van der Waals surface area contributed by atoms with E-state index in [1.165, 1.54) is 6.20 Å². The minimum absolute atomic E-state index is 0.0651. The zero-order valence-corrected chi connectivity index (χ0v) is 11.5. The van der Waals surface area contributed by atoms with E-state index in [0.29, 0.717) is 18.7 Å². The van der Waals surface area contributed by atoms with Gasteiger partial charge in [-0.15, -0.1) is 0 Å². The molecule has 5 nitrogen and oxygen atoms in total. The molecular weight excluding hydrogens is 266 g/mol. The molecule has 1 aliphatic heterocycles.